The quantitative estimate of drug-likeness (QED) is 0.777. The summed E-state index contributed by atoms with van der Waals surface area (Å²) < 4.78 is 4.16. The van der Waals surface area contributed by atoms with Gasteiger partial charge in [-0.1, -0.05) is 0 Å². The van der Waals surface area contributed by atoms with E-state index in [1.807, 2.05) is 6.92 Å². The van der Waals surface area contributed by atoms with Crippen LogP contribution in [0.5, 0.6) is 0 Å². The lowest BCUT2D eigenvalue weighted by atomic mass is 9.92. The largest absolute Gasteiger partial charge is 0.393 e. The minimum Gasteiger partial charge on any atom is -0.393 e. The minimum absolute atomic E-state index is 0.101. The Morgan fingerprint density at radius 1 is 1.43 bits per heavy atom. The Morgan fingerprint density at radius 3 is 2.67 bits per heavy atom. The molecule has 1 aromatic rings. The minimum atomic E-state index is -0.267. The number of hydrogen-bond acceptors (Lipinski definition) is 6. The summed E-state index contributed by atoms with van der Waals surface area (Å²) in [6, 6.07) is 0.311. The van der Waals surface area contributed by atoms with E-state index in [-0.39, 0.29) is 12.0 Å². The second-order valence-electron chi connectivity index (χ2n) is 6.06. The molecule has 116 valence electrons. The summed E-state index contributed by atoms with van der Waals surface area (Å²) >= 11 is 1.30. The van der Waals surface area contributed by atoms with E-state index in [1.165, 1.54) is 11.5 Å². The van der Waals surface area contributed by atoms with Crippen molar-refractivity contribution in [2.24, 2.45) is 5.92 Å². The van der Waals surface area contributed by atoms with Crippen LogP contribution < -0.4 is 16.0 Å². The normalized spacial score (nSPS) is 21.3. The summed E-state index contributed by atoms with van der Waals surface area (Å²) in [6.45, 7) is 3.52. The van der Waals surface area contributed by atoms with Crippen LogP contribution in [0.4, 0.5) is 10.8 Å². The number of nitrogens with two attached hydrogens (primary N) is 1. The molecule has 1 aliphatic carbocycles. The average molecular weight is 310 g/mol. The van der Waals surface area contributed by atoms with Crippen molar-refractivity contribution >= 4 is 28.3 Å². The van der Waals surface area contributed by atoms with Gasteiger partial charge in [-0.25, -0.2) is 0 Å². The SMILES string of the molecule is CC(O)C1CCN(c2snc(N)c2C(=O)NC2CC2)CC1. The van der Waals surface area contributed by atoms with Gasteiger partial charge in [-0.3, -0.25) is 4.79 Å². The van der Waals surface area contributed by atoms with Crippen molar-refractivity contribution in [3.63, 3.8) is 0 Å². The van der Waals surface area contributed by atoms with Crippen molar-refractivity contribution < 1.29 is 9.90 Å². The topological polar surface area (TPSA) is 91.5 Å². The number of nitrogens with one attached hydrogen (secondary N) is 1. The van der Waals surface area contributed by atoms with Crippen LogP contribution >= 0.6 is 11.5 Å². The summed E-state index contributed by atoms with van der Waals surface area (Å²) in [7, 11) is 0. The number of hydrogen-bond donors (Lipinski definition) is 3. The van der Waals surface area contributed by atoms with E-state index in [0.717, 1.165) is 43.8 Å². The molecule has 6 nitrogen and oxygen atoms in total. The van der Waals surface area contributed by atoms with Gasteiger partial charge in [0, 0.05) is 19.1 Å². The van der Waals surface area contributed by atoms with E-state index in [9.17, 15) is 9.90 Å². The standard InChI is InChI=1S/C14H22N4O2S/c1-8(19)9-4-6-18(7-5-9)14-11(12(15)17-21-14)13(20)16-10-2-3-10/h8-10,19H,2-7H2,1H3,(H2,15,17)(H,16,20). The van der Waals surface area contributed by atoms with Gasteiger partial charge in [0.15, 0.2) is 5.82 Å². The number of aliphatic hydroxyl groups excluding tert-OH is 1. The number of carbonyl (C=O) groups is 1. The molecule has 1 atom stereocenters. The lowest BCUT2D eigenvalue weighted by molar-refractivity contribution is 0.0951. The summed E-state index contributed by atoms with van der Waals surface area (Å²) in [4.78, 5) is 14.5. The zero-order valence-corrected chi connectivity index (χ0v) is 13.0. The molecule has 7 heteroatoms. The number of carbonyl (C=O) groups excluding carboxylic acids is 1. The number of nitrogen functional groups attached to an aromatic ring is 1. The molecule has 1 aromatic heterocycles. The fourth-order valence-corrected chi connectivity index (χ4v) is 3.66. The molecule has 0 bridgehead atoms. The van der Waals surface area contributed by atoms with Crippen LogP contribution in [-0.2, 0) is 0 Å². The summed E-state index contributed by atoms with van der Waals surface area (Å²) in [5, 5.41) is 13.5. The Balaban J connectivity index is 1.72. The maximum Gasteiger partial charge on any atom is 0.258 e. The first-order chi connectivity index (χ1) is 10.1. The van der Waals surface area contributed by atoms with Crippen LogP contribution in [-0.4, -0.2) is 40.6 Å². The van der Waals surface area contributed by atoms with Gasteiger partial charge in [-0.2, -0.15) is 4.37 Å². The molecule has 1 unspecified atom stereocenters. The highest BCUT2D eigenvalue weighted by Crippen LogP contribution is 2.34. The third kappa shape index (κ3) is 3.13. The molecule has 0 radical (unpaired) electrons. The molecular formula is C14H22N4O2S. The van der Waals surface area contributed by atoms with Crippen LogP contribution in [0.25, 0.3) is 0 Å². The average Bonchev–Trinajstić information content (AvgIpc) is 3.18. The molecule has 0 aromatic carbocycles. The maximum absolute atomic E-state index is 12.3. The molecule has 0 spiro atoms. The van der Waals surface area contributed by atoms with Crippen LogP contribution in [0.15, 0.2) is 0 Å². The number of amides is 1. The fraction of sp³-hybridized carbons (Fsp3) is 0.714. The van der Waals surface area contributed by atoms with E-state index in [4.69, 9.17) is 5.73 Å². The van der Waals surface area contributed by atoms with Crippen molar-refractivity contribution in [1.82, 2.24) is 9.69 Å². The van der Waals surface area contributed by atoms with Gasteiger partial charge in [-0.05, 0) is 50.1 Å². The molecule has 1 amide bonds. The first kappa shape index (κ1) is 14.6. The lowest BCUT2D eigenvalue weighted by Crippen LogP contribution is -2.38. The number of piperidine rings is 1. The van der Waals surface area contributed by atoms with Crippen LogP contribution in [0.1, 0.15) is 43.0 Å². The second kappa shape index (κ2) is 5.81. The predicted molar refractivity (Wildman–Crippen MR) is 83.6 cm³/mol. The highest BCUT2D eigenvalue weighted by Gasteiger charge is 2.31. The Morgan fingerprint density at radius 2 is 2.10 bits per heavy atom. The molecule has 2 fully saturated rings. The van der Waals surface area contributed by atoms with Crippen molar-refractivity contribution in [2.45, 2.75) is 44.8 Å². The van der Waals surface area contributed by atoms with Crippen molar-refractivity contribution in [2.75, 3.05) is 23.7 Å². The molecular weight excluding hydrogens is 288 g/mol. The van der Waals surface area contributed by atoms with E-state index in [1.54, 1.807) is 0 Å². The van der Waals surface area contributed by atoms with Gasteiger partial charge >= 0.3 is 0 Å². The van der Waals surface area contributed by atoms with E-state index in [0.29, 0.717) is 23.3 Å². The fourth-order valence-electron chi connectivity index (χ4n) is 2.79. The van der Waals surface area contributed by atoms with E-state index < -0.39 is 0 Å². The smallest absolute Gasteiger partial charge is 0.258 e. The monoisotopic (exact) mass is 310 g/mol. The molecule has 21 heavy (non-hydrogen) atoms. The Bertz CT molecular complexity index is 519. The van der Waals surface area contributed by atoms with Gasteiger partial charge in [0.25, 0.3) is 5.91 Å². The predicted octanol–water partition coefficient (Wildman–Crippen LogP) is 1.21. The highest BCUT2D eigenvalue weighted by atomic mass is 32.1. The number of aromatic nitrogens is 1. The van der Waals surface area contributed by atoms with Crippen molar-refractivity contribution in [1.29, 1.82) is 0 Å². The van der Waals surface area contributed by atoms with Gasteiger partial charge in [0.05, 0.1) is 6.10 Å². The van der Waals surface area contributed by atoms with Gasteiger partial charge in [0.1, 0.15) is 10.6 Å². The lowest BCUT2D eigenvalue weighted by Gasteiger charge is -2.34. The van der Waals surface area contributed by atoms with Crippen molar-refractivity contribution in [3.05, 3.63) is 5.56 Å². The zero-order chi connectivity index (χ0) is 15.0. The molecule has 2 heterocycles. The third-order valence-corrected chi connectivity index (χ3v) is 5.27. The maximum atomic E-state index is 12.3. The van der Waals surface area contributed by atoms with Crippen LogP contribution in [0.2, 0.25) is 0 Å². The number of aliphatic hydroxyl groups is 1. The Labute approximate surface area is 128 Å². The molecule has 2 aliphatic rings. The molecule has 3 rings (SSSR count). The molecule has 1 saturated carbocycles. The molecule has 1 aliphatic heterocycles. The van der Waals surface area contributed by atoms with Crippen molar-refractivity contribution in [3.8, 4) is 0 Å². The summed E-state index contributed by atoms with van der Waals surface area (Å²) in [5.74, 6) is 0.567. The van der Waals surface area contributed by atoms with Crippen LogP contribution in [0, 0.1) is 5.92 Å². The number of nitrogens with zero attached hydrogens (tertiary/aromatic N) is 2. The van der Waals surface area contributed by atoms with Gasteiger partial charge < -0.3 is 21.1 Å². The number of rotatable bonds is 4. The zero-order valence-electron chi connectivity index (χ0n) is 12.2. The molecule has 1 saturated heterocycles. The Kier molecular flexibility index (Phi) is 4.03. The second-order valence-corrected chi connectivity index (χ2v) is 6.81. The first-order valence-corrected chi connectivity index (χ1v) is 8.32. The Hall–Kier alpha value is -1.34. The first-order valence-electron chi connectivity index (χ1n) is 7.55. The van der Waals surface area contributed by atoms with E-state index in [2.05, 4.69) is 14.6 Å². The summed E-state index contributed by atoms with van der Waals surface area (Å²) in [6.07, 6.45) is 3.70. The number of anilines is 2. The van der Waals surface area contributed by atoms with E-state index >= 15 is 0 Å². The summed E-state index contributed by atoms with van der Waals surface area (Å²) in [5.41, 5.74) is 6.42. The van der Waals surface area contributed by atoms with Gasteiger partial charge in [0.2, 0.25) is 0 Å². The molecule has 4 N–H and O–H groups in total. The van der Waals surface area contributed by atoms with Gasteiger partial charge in [-0.15, -0.1) is 0 Å². The highest BCUT2D eigenvalue weighted by molar-refractivity contribution is 7.11. The van der Waals surface area contributed by atoms with Crippen LogP contribution in [0.3, 0.4) is 0 Å². The third-order valence-electron chi connectivity index (χ3n) is 4.35.